The Labute approximate surface area is 147 Å². The summed E-state index contributed by atoms with van der Waals surface area (Å²) in [7, 11) is 1.59. The number of hydrazone groups is 1. The van der Waals surface area contributed by atoms with Gasteiger partial charge in [-0.05, 0) is 42.8 Å². The third-order valence-electron chi connectivity index (χ3n) is 3.50. The number of amides is 1. The standard InChI is InChI=1S/C19H22N2O4/c1-3-6-18(25-16-11-9-15(24-2)10-12-16)19(23)21-20-13-14-7-4-5-8-17(14)22/h4-5,7-13,18,22H,3,6H2,1-2H3,(H,21,23)/b20-13-/t18-/m1/s1. The Morgan fingerprint density at radius 1 is 1.20 bits per heavy atom. The van der Waals surface area contributed by atoms with Gasteiger partial charge in [-0.25, -0.2) is 5.43 Å². The molecule has 2 aromatic rings. The number of methoxy groups -OCH3 is 1. The van der Waals surface area contributed by atoms with Gasteiger partial charge in [0.2, 0.25) is 0 Å². The lowest BCUT2D eigenvalue weighted by atomic mass is 10.2. The van der Waals surface area contributed by atoms with Crippen LogP contribution in [0.4, 0.5) is 0 Å². The molecule has 0 aliphatic rings. The zero-order valence-electron chi connectivity index (χ0n) is 14.3. The molecule has 1 amide bonds. The summed E-state index contributed by atoms with van der Waals surface area (Å²) in [5, 5.41) is 13.6. The Bertz CT molecular complexity index is 714. The van der Waals surface area contributed by atoms with Gasteiger partial charge in [0.05, 0.1) is 13.3 Å². The molecule has 0 aromatic heterocycles. The summed E-state index contributed by atoms with van der Waals surface area (Å²) in [6, 6.07) is 13.8. The van der Waals surface area contributed by atoms with E-state index in [9.17, 15) is 9.90 Å². The molecule has 0 aliphatic carbocycles. The maximum absolute atomic E-state index is 12.3. The maximum atomic E-state index is 12.3. The Balaban J connectivity index is 1.98. The lowest BCUT2D eigenvalue weighted by Gasteiger charge is -2.17. The Hall–Kier alpha value is -3.02. The van der Waals surface area contributed by atoms with E-state index in [1.54, 1.807) is 55.6 Å². The lowest BCUT2D eigenvalue weighted by Crippen LogP contribution is -2.35. The van der Waals surface area contributed by atoms with E-state index in [2.05, 4.69) is 10.5 Å². The van der Waals surface area contributed by atoms with Crippen LogP contribution in [-0.4, -0.2) is 30.4 Å². The number of aromatic hydroxyl groups is 1. The second kappa shape index (κ2) is 9.32. The van der Waals surface area contributed by atoms with E-state index < -0.39 is 6.10 Å². The number of nitrogens with zero attached hydrogens (tertiary/aromatic N) is 1. The first-order valence-corrected chi connectivity index (χ1v) is 8.05. The summed E-state index contributed by atoms with van der Waals surface area (Å²) < 4.78 is 10.9. The van der Waals surface area contributed by atoms with Crippen molar-refractivity contribution in [1.82, 2.24) is 5.43 Å². The van der Waals surface area contributed by atoms with Crippen LogP contribution in [0.15, 0.2) is 53.6 Å². The zero-order chi connectivity index (χ0) is 18.1. The van der Waals surface area contributed by atoms with Gasteiger partial charge in [0, 0.05) is 5.56 Å². The quantitative estimate of drug-likeness (QED) is 0.571. The van der Waals surface area contributed by atoms with Crippen LogP contribution in [0.3, 0.4) is 0 Å². The summed E-state index contributed by atoms with van der Waals surface area (Å²) in [5.74, 6) is 1.06. The highest BCUT2D eigenvalue weighted by atomic mass is 16.5. The largest absolute Gasteiger partial charge is 0.507 e. The number of para-hydroxylation sites is 1. The highest BCUT2D eigenvalue weighted by molar-refractivity contribution is 5.86. The number of phenols is 1. The third-order valence-corrected chi connectivity index (χ3v) is 3.50. The predicted molar refractivity (Wildman–Crippen MR) is 96.2 cm³/mol. The second-order valence-corrected chi connectivity index (χ2v) is 5.36. The van der Waals surface area contributed by atoms with Gasteiger partial charge in [0.15, 0.2) is 6.10 Å². The molecule has 0 fully saturated rings. The molecular weight excluding hydrogens is 320 g/mol. The molecule has 25 heavy (non-hydrogen) atoms. The van der Waals surface area contributed by atoms with Gasteiger partial charge >= 0.3 is 0 Å². The minimum absolute atomic E-state index is 0.0973. The van der Waals surface area contributed by atoms with E-state index in [0.29, 0.717) is 17.7 Å². The molecule has 0 unspecified atom stereocenters. The first kappa shape index (κ1) is 18.3. The minimum atomic E-state index is -0.653. The van der Waals surface area contributed by atoms with Gasteiger partial charge in [-0.3, -0.25) is 4.79 Å². The van der Waals surface area contributed by atoms with Gasteiger partial charge < -0.3 is 14.6 Å². The number of phenolic OH excluding ortho intramolecular Hbond substituents is 1. The van der Waals surface area contributed by atoms with Crippen molar-refractivity contribution in [1.29, 1.82) is 0 Å². The van der Waals surface area contributed by atoms with Crippen molar-refractivity contribution in [2.24, 2.45) is 5.10 Å². The minimum Gasteiger partial charge on any atom is -0.507 e. The van der Waals surface area contributed by atoms with Crippen molar-refractivity contribution in [3.63, 3.8) is 0 Å². The van der Waals surface area contributed by atoms with Crippen molar-refractivity contribution in [2.75, 3.05) is 7.11 Å². The molecule has 1 atom stereocenters. The van der Waals surface area contributed by atoms with E-state index in [4.69, 9.17) is 9.47 Å². The van der Waals surface area contributed by atoms with Gasteiger partial charge in [-0.2, -0.15) is 5.10 Å². The van der Waals surface area contributed by atoms with Crippen molar-refractivity contribution < 1.29 is 19.4 Å². The summed E-state index contributed by atoms with van der Waals surface area (Å²) in [5.41, 5.74) is 2.98. The van der Waals surface area contributed by atoms with E-state index in [-0.39, 0.29) is 11.7 Å². The normalized spacial score (nSPS) is 11.9. The Kier molecular flexibility index (Phi) is 6.83. The molecule has 6 heteroatoms. The molecule has 0 spiro atoms. The molecule has 6 nitrogen and oxygen atoms in total. The van der Waals surface area contributed by atoms with Crippen molar-refractivity contribution in [3.8, 4) is 17.2 Å². The van der Waals surface area contributed by atoms with E-state index >= 15 is 0 Å². The first-order valence-electron chi connectivity index (χ1n) is 8.05. The molecule has 0 saturated heterocycles. The summed E-state index contributed by atoms with van der Waals surface area (Å²) in [4.78, 5) is 12.3. The average molecular weight is 342 g/mol. The highest BCUT2D eigenvalue weighted by Crippen LogP contribution is 2.19. The molecule has 2 aromatic carbocycles. The van der Waals surface area contributed by atoms with Gasteiger partial charge in [-0.1, -0.05) is 25.5 Å². The zero-order valence-corrected chi connectivity index (χ0v) is 14.3. The number of hydrogen-bond donors (Lipinski definition) is 2. The number of ether oxygens (including phenoxy) is 2. The smallest absolute Gasteiger partial charge is 0.281 e. The van der Waals surface area contributed by atoms with E-state index in [1.807, 2.05) is 6.92 Å². The molecule has 2 N–H and O–H groups in total. The van der Waals surface area contributed by atoms with Crippen LogP contribution in [0, 0.1) is 0 Å². The summed E-state index contributed by atoms with van der Waals surface area (Å²) in [6.07, 6.45) is 2.09. The summed E-state index contributed by atoms with van der Waals surface area (Å²) in [6.45, 7) is 1.98. The molecule has 0 heterocycles. The monoisotopic (exact) mass is 342 g/mol. The second-order valence-electron chi connectivity index (χ2n) is 5.36. The predicted octanol–water partition coefficient (Wildman–Crippen LogP) is 3.10. The number of carbonyl (C=O) groups excluding carboxylic acids is 1. The number of hydrogen-bond acceptors (Lipinski definition) is 5. The molecule has 132 valence electrons. The van der Waals surface area contributed by atoms with Crippen LogP contribution in [0.2, 0.25) is 0 Å². The van der Waals surface area contributed by atoms with Crippen molar-refractivity contribution in [3.05, 3.63) is 54.1 Å². The van der Waals surface area contributed by atoms with Crippen LogP contribution in [0.1, 0.15) is 25.3 Å². The fourth-order valence-electron chi connectivity index (χ4n) is 2.16. The van der Waals surface area contributed by atoms with Gasteiger partial charge in [0.25, 0.3) is 5.91 Å². The van der Waals surface area contributed by atoms with Crippen LogP contribution < -0.4 is 14.9 Å². The number of nitrogens with one attached hydrogen (secondary N) is 1. The van der Waals surface area contributed by atoms with Crippen LogP contribution in [-0.2, 0) is 4.79 Å². The SMILES string of the molecule is CCC[C@@H](Oc1ccc(OC)cc1)C(=O)N/N=C\c1ccccc1O. The number of benzene rings is 2. The summed E-state index contributed by atoms with van der Waals surface area (Å²) >= 11 is 0. The molecule has 0 aliphatic heterocycles. The molecule has 0 bridgehead atoms. The van der Waals surface area contributed by atoms with Gasteiger partial charge in [0.1, 0.15) is 17.2 Å². The van der Waals surface area contributed by atoms with Crippen LogP contribution in [0.25, 0.3) is 0 Å². The third kappa shape index (κ3) is 5.53. The Morgan fingerprint density at radius 2 is 1.88 bits per heavy atom. The van der Waals surface area contributed by atoms with Crippen molar-refractivity contribution in [2.45, 2.75) is 25.9 Å². The highest BCUT2D eigenvalue weighted by Gasteiger charge is 2.19. The van der Waals surface area contributed by atoms with Crippen LogP contribution >= 0.6 is 0 Å². The first-order chi connectivity index (χ1) is 12.1. The van der Waals surface area contributed by atoms with E-state index in [1.165, 1.54) is 6.21 Å². The maximum Gasteiger partial charge on any atom is 0.281 e. The molecule has 0 radical (unpaired) electrons. The molecule has 2 rings (SSSR count). The van der Waals surface area contributed by atoms with Crippen LogP contribution in [0.5, 0.6) is 17.2 Å². The fourth-order valence-corrected chi connectivity index (χ4v) is 2.16. The topological polar surface area (TPSA) is 80.2 Å². The molecule has 0 saturated carbocycles. The van der Waals surface area contributed by atoms with Crippen molar-refractivity contribution >= 4 is 12.1 Å². The Morgan fingerprint density at radius 3 is 2.52 bits per heavy atom. The number of rotatable bonds is 8. The van der Waals surface area contributed by atoms with E-state index in [0.717, 1.165) is 12.2 Å². The van der Waals surface area contributed by atoms with Gasteiger partial charge in [-0.15, -0.1) is 0 Å². The lowest BCUT2D eigenvalue weighted by molar-refractivity contribution is -0.128. The fraction of sp³-hybridized carbons (Fsp3) is 0.263. The average Bonchev–Trinajstić information content (AvgIpc) is 2.63. The molecular formula is C19H22N2O4. The number of carbonyl (C=O) groups is 1.